The Balaban J connectivity index is 1.52. The van der Waals surface area contributed by atoms with Crippen molar-refractivity contribution in [2.75, 3.05) is 6.61 Å². The normalized spacial score (nSPS) is 27.9. The van der Waals surface area contributed by atoms with E-state index in [4.69, 9.17) is 4.74 Å². The van der Waals surface area contributed by atoms with Gasteiger partial charge in [0, 0.05) is 0 Å². The molecule has 0 N–H and O–H groups in total. The zero-order valence-electron chi connectivity index (χ0n) is 17.1. The van der Waals surface area contributed by atoms with E-state index < -0.39 is 0 Å². The van der Waals surface area contributed by atoms with Gasteiger partial charge in [-0.1, -0.05) is 50.5 Å². The van der Waals surface area contributed by atoms with Gasteiger partial charge in [0.2, 0.25) is 0 Å². The highest BCUT2D eigenvalue weighted by molar-refractivity contribution is 5.34. The lowest BCUT2D eigenvalue weighted by Crippen LogP contribution is -2.44. The Hall–Kier alpha value is -1.24. The molecule has 0 aliphatic heterocycles. The summed E-state index contributed by atoms with van der Waals surface area (Å²) in [6.07, 6.45) is 20.8. The summed E-state index contributed by atoms with van der Waals surface area (Å²) >= 11 is 0. The summed E-state index contributed by atoms with van der Waals surface area (Å²) in [5.74, 6) is 1.03. The van der Waals surface area contributed by atoms with Gasteiger partial charge in [-0.2, -0.15) is 0 Å². The molecule has 0 radical (unpaired) electrons. The topological polar surface area (TPSA) is 9.23 Å². The second-order valence-electron chi connectivity index (χ2n) is 8.82. The third kappa shape index (κ3) is 4.53. The smallest absolute Gasteiger partial charge is 0.119 e. The zero-order chi connectivity index (χ0) is 18.3. The third-order valence-electron chi connectivity index (χ3n) is 7.20. The maximum atomic E-state index is 5.91. The fraction of sp³-hybridized carbons (Fsp3) is 0.680. The lowest BCUT2D eigenvalue weighted by molar-refractivity contribution is 0.0305. The van der Waals surface area contributed by atoms with Crippen LogP contribution < -0.4 is 4.74 Å². The summed E-state index contributed by atoms with van der Waals surface area (Å²) < 4.78 is 5.91. The minimum absolute atomic E-state index is 0.469. The summed E-state index contributed by atoms with van der Waals surface area (Å²) in [7, 11) is 0. The van der Waals surface area contributed by atoms with Gasteiger partial charge in [0.15, 0.2) is 0 Å². The average molecular weight is 355 g/mol. The van der Waals surface area contributed by atoms with Crippen molar-refractivity contribution >= 4 is 0 Å². The van der Waals surface area contributed by atoms with E-state index in [9.17, 15) is 0 Å². The summed E-state index contributed by atoms with van der Waals surface area (Å²) in [6, 6.07) is 9.13. The zero-order valence-corrected chi connectivity index (χ0v) is 17.1. The summed E-state index contributed by atoms with van der Waals surface area (Å²) in [5, 5.41) is 0. The molecule has 2 bridgehead atoms. The molecule has 0 spiro atoms. The lowest BCUT2D eigenvalue weighted by Gasteiger charge is -2.54. The molecule has 144 valence electrons. The minimum atomic E-state index is 0.469. The van der Waals surface area contributed by atoms with E-state index >= 15 is 0 Å². The van der Waals surface area contributed by atoms with Crippen molar-refractivity contribution in [2.24, 2.45) is 5.41 Å². The molecule has 3 saturated carbocycles. The fourth-order valence-electron chi connectivity index (χ4n) is 5.28. The first-order valence-corrected chi connectivity index (χ1v) is 11.1. The van der Waals surface area contributed by atoms with Crippen LogP contribution in [0.1, 0.15) is 96.5 Å². The molecule has 0 unspecified atom stereocenters. The Labute approximate surface area is 161 Å². The van der Waals surface area contributed by atoms with E-state index in [-0.39, 0.29) is 0 Å². The van der Waals surface area contributed by atoms with E-state index in [0.29, 0.717) is 10.8 Å². The highest BCUT2D eigenvalue weighted by Crippen LogP contribution is 2.59. The van der Waals surface area contributed by atoms with Crippen LogP contribution in [0.3, 0.4) is 0 Å². The van der Waals surface area contributed by atoms with Crippen LogP contribution >= 0.6 is 0 Å². The molecule has 1 aromatic carbocycles. The monoisotopic (exact) mass is 354 g/mol. The van der Waals surface area contributed by atoms with Crippen molar-refractivity contribution < 1.29 is 4.74 Å². The number of fused-ring (bicyclic) bond motifs is 3. The van der Waals surface area contributed by atoms with Crippen LogP contribution in [0, 0.1) is 5.41 Å². The maximum Gasteiger partial charge on any atom is 0.119 e. The number of rotatable bonds is 10. The van der Waals surface area contributed by atoms with Crippen LogP contribution in [0.5, 0.6) is 5.75 Å². The van der Waals surface area contributed by atoms with Crippen LogP contribution in [0.2, 0.25) is 0 Å². The summed E-state index contributed by atoms with van der Waals surface area (Å²) in [4.78, 5) is 0. The Morgan fingerprint density at radius 1 is 0.923 bits per heavy atom. The lowest BCUT2D eigenvalue weighted by atomic mass is 9.51. The van der Waals surface area contributed by atoms with E-state index in [2.05, 4.69) is 50.3 Å². The van der Waals surface area contributed by atoms with E-state index in [1.54, 1.807) is 5.56 Å². The molecule has 0 saturated heterocycles. The van der Waals surface area contributed by atoms with Crippen LogP contribution in [0.4, 0.5) is 0 Å². The molecule has 0 aromatic heterocycles. The van der Waals surface area contributed by atoms with Gasteiger partial charge in [-0.15, -0.1) is 0 Å². The molecule has 4 rings (SSSR count). The number of allylic oxidation sites excluding steroid dienone is 2. The van der Waals surface area contributed by atoms with Gasteiger partial charge < -0.3 is 4.74 Å². The largest absolute Gasteiger partial charge is 0.494 e. The molecule has 3 fully saturated rings. The second-order valence-corrected chi connectivity index (χ2v) is 8.82. The Morgan fingerprint density at radius 3 is 2.23 bits per heavy atom. The van der Waals surface area contributed by atoms with Crippen molar-refractivity contribution in [3.63, 3.8) is 0 Å². The predicted octanol–water partition coefficient (Wildman–Crippen LogP) is 7.59. The molecule has 3 aliphatic rings. The quantitative estimate of drug-likeness (QED) is 0.310. The molecular weight excluding hydrogens is 316 g/mol. The molecule has 1 nitrogen and oxygen atoms in total. The molecule has 0 amide bonds. The predicted molar refractivity (Wildman–Crippen MR) is 112 cm³/mol. The Morgan fingerprint density at radius 2 is 1.62 bits per heavy atom. The van der Waals surface area contributed by atoms with E-state index in [0.717, 1.165) is 25.2 Å². The molecule has 0 heterocycles. The van der Waals surface area contributed by atoms with Gasteiger partial charge in [-0.25, -0.2) is 0 Å². The molecule has 1 aromatic rings. The van der Waals surface area contributed by atoms with Crippen LogP contribution in [-0.2, 0) is 5.41 Å². The first kappa shape index (κ1) is 19.5. The van der Waals surface area contributed by atoms with Crippen molar-refractivity contribution in [3.05, 3.63) is 42.0 Å². The highest BCUT2D eigenvalue weighted by Gasteiger charge is 2.48. The van der Waals surface area contributed by atoms with Crippen LogP contribution in [0.25, 0.3) is 0 Å². The Bertz CT molecular complexity index is 544. The summed E-state index contributed by atoms with van der Waals surface area (Å²) in [6.45, 7) is 5.21. The summed E-state index contributed by atoms with van der Waals surface area (Å²) in [5.41, 5.74) is 2.74. The van der Waals surface area contributed by atoms with Crippen molar-refractivity contribution in [1.82, 2.24) is 0 Å². The van der Waals surface area contributed by atoms with Gasteiger partial charge in [0.05, 0.1) is 6.61 Å². The van der Waals surface area contributed by atoms with Crippen molar-refractivity contribution in [2.45, 2.75) is 96.3 Å². The molecular formula is C25H38O. The highest BCUT2D eigenvalue weighted by atomic mass is 16.5. The molecule has 0 atom stereocenters. The van der Waals surface area contributed by atoms with Gasteiger partial charge in [0.25, 0.3) is 0 Å². The maximum absolute atomic E-state index is 5.91. The van der Waals surface area contributed by atoms with Crippen molar-refractivity contribution in [3.8, 4) is 5.75 Å². The van der Waals surface area contributed by atoms with Gasteiger partial charge in [0.1, 0.15) is 5.75 Å². The SMILES string of the molecule is C/C=C/CCCOc1ccc(C23CCC(CCCCC)(CC2)CC3)cc1. The number of ether oxygens (including phenoxy) is 1. The standard InChI is InChI=1S/C25H38O/c1-3-5-7-9-21-26-23-12-10-22(11-13-23)25-18-15-24(16-19-25,17-20-25)14-8-6-4-2/h3,5,10-13H,4,6-9,14-21H2,1-2H3/b5-3+. The van der Waals surface area contributed by atoms with Gasteiger partial charge in [-0.05, 0) is 93.2 Å². The van der Waals surface area contributed by atoms with Crippen LogP contribution in [0.15, 0.2) is 36.4 Å². The van der Waals surface area contributed by atoms with Crippen molar-refractivity contribution in [1.29, 1.82) is 0 Å². The average Bonchev–Trinajstić information content (AvgIpc) is 2.70. The first-order valence-electron chi connectivity index (χ1n) is 11.1. The molecule has 1 heteroatoms. The number of hydrogen-bond acceptors (Lipinski definition) is 1. The molecule has 3 aliphatic carbocycles. The number of benzene rings is 1. The van der Waals surface area contributed by atoms with E-state index in [1.807, 2.05) is 0 Å². The van der Waals surface area contributed by atoms with Gasteiger partial charge >= 0.3 is 0 Å². The Kier molecular flexibility index (Phi) is 6.84. The minimum Gasteiger partial charge on any atom is -0.494 e. The van der Waals surface area contributed by atoms with Crippen LogP contribution in [-0.4, -0.2) is 6.61 Å². The second kappa shape index (κ2) is 9.11. The fourth-order valence-corrected chi connectivity index (χ4v) is 5.28. The number of unbranched alkanes of at least 4 members (excludes halogenated alkanes) is 3. The number of hydrogen-bond donors (Lipinski definition) is 0. The van der Waals surface area contributed by atoms with Gasteiger partial charge in [-0.3, -0.25) is 0 Å². The first-order chi connectivity index (χ1) is 12.7. The third-order valence-corrected chi connectivity index (χ3v) is 7.20. The molecule has 26 heavy (non-hydrogen) atoms. The van der Waals surface area contributed by atoms with E-state index in [1.165, 1.54) is 64.2 Å².